The molecule has 1 spiro atoms. The van der Waals surface area contributed by atoms with Gasteiger partial charge in [0.25, 0.3) is 6.10 Å². The second-order valence-electron chi connectivity index (χ2n) is 12.2. The van der Waals surface area contributed by atoms with Gasteiger partial charge in [0, 0.05) is 12.8 Å². The van der Waals surface area contributed by atoms with Crippen LogP contribution in [0.2, 0.25) is 0 Å². The van der Waals surface area contributed by atoms with E-state index in [4.69, 9.17) is 23.7 Å². The van der Waals surface area contributed by atoms with Crippen LogP contribution in [-0.2, 0) is 42.8 Å². The average Bonchev–Trinajstić information content (AvgIpc) is 3.43. The van der Waals surface area contributed by atoms with Crippen LogP contribution in [0.5, 0.6) is 0 Å². The molecule has 3 aliphatic heterocycles. The highest BCUT2D eigenvalue weighted by molar-refractivity contribution is 5.84. The number of esters is 3. The van der Waals surface area contributed by atoms with Crippen molar-refractivity contribution in [3.63, 3.8) is 0 Å². The Morgan fingerprint density at radius 3 is 2.05 bits per heavy atom. The fourth-order valence-corrected chi connectivity index (χ4v) is 5.90. The minimum absolute atomic E-state index is 0.0580. The molecule has 3 heterocycles. The molecule has 1 saturated carbocycles. The zero-order valence-corrected chi connectivity index (χ0v) is 23.2. The molecule has 0 aromatic carbocycles. The lowest BCUT2D eigenvalue weighted by Gasteiger charge is -2.36. The molecule has 9 nitrogen and oxygen atoms in total. The number of hydrogen-bond acceptors (Lipinski definition) is 9. The predicted octanol–water partition coefficient (Wildman–Crippen LogP) is 4.60. The zero-order valence-electron chi connectivity index (χ0n) is 23.2. The van der Waals surface area contributed by atoms with Gasteiger partial charge in [0.2, 0.25) is 6.10 Å². The molecule has 0 radical (unpaired) electrons. The van der Waals surface area contributed by atoms with Crippen molar-refractivity contribution in [2.75, 3.05) is 0 Å². The maximum Gasteiger partial charge on any atom is 0.434 e. The molecular formula is C26H34F6O9. The van der Waals surface area contributed by atoms with Crippen LogP contribution >= 0.6 is 0 Å². The van der Waals surface area contributed by atoms with Crippen LogP contribution < -0.4 is 0 Å². The van der Waals surface area contributed by atoms with Crippen molar-refractivity contribution in [1.29, 1.82) is 0 Å². The molecule has 6 unspecified atom stereocenters. The lowest BCUT2D eigenvalue weighted by Crippen LogP contribution is -2.47. The predicted molar refractivity (Wildman–Crippen MR) is 123 cm³/mol. The van der Waals surface area contributed by atoms with E-state index in [9.17, 15) is 40.7 Å². The van der Waals surface area contributed by atoms with Gasteiger partial charge < -0.3 is 28.4 Å². The van der Waals surface area contributed by atoms with Crippen molar-refractivity contribution in [2.45, 2.75) is 122 Å². The van der Waals surface area contributed by atoms with Gasteiger partial charge in [-0.3, -0.25) is 9.59 Å². The Morgan fingerprint density at radius 1 is 0.951 bits per heavy atom. The first-order chi connectivity index (χ1) is 18.8. The number of fused-ring (bicyclic) bond motifs is 3. The average molecular weight is 605 g/mol. The number of hydrogen-bond donors (Lipinski definition) is 0. The summed E-state index contributed by atoms with van der Waals surface area (Å²) in [5.74, 6) is -5.46. The summed E-state index contributed by atoms with van der Waals surface area (Å²) in [6.45, 7) is 9.48. The fourth-order valence-electron chi connectivity index (χ4n) is 5.90. The van der Waals surface area contributed by atoms with E-state index >= 15 is 0 Å². The SMILES string of the molecule is CC(C)CC(C)(C(=O)OC1C(=O)OC2C3OC4(CCC(C(=O)OC(C(F)(F)F)C(F)(F)F)CC4)OC3OC12)C(C)C. The number of halogens is 6. The Kier molecular flexibility index (Phi) is 8.42. The molecule has 4 rings (SSSR count). The smallest absolute Gasteiger partial charge is 0.434 e. The van der Waals surface area contributed by atoms with E-state index in [-0.39, 0.29) is 37.5 Å². The maximum absolute atomic E-state index is 13.2. The Morgan fingerprint density at radius 2 is 1.54 bits per heavy atom. The molecule has 4 fully saturated rings. The molecule has 0 aromatic heterocycles. The number of ether oxygens (including phenoxy) is 6. The number of carbonyl (C=O) groups excluding carboxylic acids is 3. The van der Waals surface area contributed by atoms with Crippen LogP contribution in [0.4, 0.5) is 26.3 Å². The number of carbonyl (C=O) groups is 3. The molecule has 1 aliphatic carbocycles. The number of rotatable bonds is 7. The normalized spacial score (nSPS) is 35.0. The first kappa shape index (κ1) is 31.8. The molecule has 0 amide bonds. The Labute approximate surface area is 232 Å². The van der Waals surface area contributed by atoms with Crippen molar-refractivity contribution in [3.8, 4) is 0 Å². The molecule has 234 valence electrons. The van der Waals surface area contributed by atoms with Crippen molar-refractivity contribution < 1.29 is 69.1 Å². The van der Waals surface area contributed by atoms with Gasteiger partial charge in [0.1, 0.15) is 6.10 Å². The van der Waals surface area contributed by atoms with Gasteiger partial charge >= 0.3 is 30.3 Å². The third kappa shape index (κ3) is 6.17. The summed E-state index contributed by atoms with van der Waals surface area (Å²) in [7, 11) is 0. The van der Waals surface area contributed by atoms with Crippen molar-refractivity contribution >= 4 is 17.9 Å². The largest absolute Gasteiger partial charge is 0.454 e. The highest BCUT2D eigenvalue weighted by Crippen LogP contribution is 2.50. The molecular weight excluding hydrogens is 570 g/mol. The third-order valence-corrected chi connectivity index (χ3v) is 8.39. The van der Waals surface area contributed by atoms with Crippen LogP contribution in [-0.4, -0.2) is 72.9 Å². The van der Waals surface area contributed by atoms with E-state index in [2.05, 4.69) is 4.74 Å². The summed E-state index contributed by atoms with van der Waals surface area (Å²) < 4.78 is 109. The highest BCUT2D eigenvalue weighted by atomic mass is 19.4. The summed E-state index contributed by atoms with van der Waals surface area (Å²) in [6, 6.07) is 0. The Hall–Kier alpha value is -2.13. The first-order valence-electron chi connectivity index (χ1n) is 13.5. The second kappa shape index (κ2) is 10.9. The van der Waals surface area contributed by atoms with Crippen LogP contribution in [0, 0.1) is 23.2 Å². The summed E-state index contributed by atoms with van der Waals surface area (Å²) in [4.78, 5) is 38.0. The fraction of sp³-hybridized carbons (Fsp3) is 0.885. The monoisotopic (exact) mass is 604 g/mol. The standard InChI is InChI=1S/C26H34F6O9/c1-11(2)10-23(5,12(3)4)22(35)38-16-14-15(36-19(16)34)17-20(37-14)41-24(40-17)8-6-13(7-9-24)18(33)39-21(25(27,28)29)26(30,31)32/h11-17,20-21H,6-10H2,1-5H3. The van der Waals surface area contributed by atoms with Crippen molar-refractivity contribution in [3.05, 3.63) is 0 Å². The van der Waals surface area contributed by atoms with E-state index in [0.717, 1.165) is 0 Å². The number of alkyl halides is 6. The second-order valence-corrected chi connectivity index (χ2v) is 12.2. The molecule has 0 N–H and O–H groups in total. The quantitative estimate of drug-likeness (QED) is 0.234. The third-order valence-electron chi connectivity index (χ3n) is 8.39. The van der Waals surface area contributed by atoms with Crippen LogP contribution in [0.25, 0.3) is 0 Å². The van der Waals surface area contributed by atoms with Gasteiger partial charge in [-0.15, -0.1) is 0 Å². The molecule has 41 heavy (non-hydrogen) atoms. The minimum Gasteiger partial charge on any atom is -0.454 e. The summed E-state index contributed by atoms with van der Waals surface area (Å²) >= 11 is 0. The van der Waals surface area contributed by atoms with Gasteiger partial charge in [0.05, 0.1) is 11.3 Å². The van der Waals surface area contributed by atoms with Gasteiger partial charge in [0.15, 0.2) is 24.3 Å². The Bertz CT molecular complexity index is 1010. The summed E-state index contributed by atoms with van der Waals surface area (Å²) in [5.41, 5.74) is -0.863. The highest BCUT2D eigenvalue weighted by Gasteiger charge is 2.67. The van der Waals surface area contributed by atoms with E-state index < -0.39 is 84.2 Å². The van der Waals surface area contributed by atoms with Gasteiger partial charge in [-0.2, -0.15) is 26.3 Å². The van der Waals surface area contributed by atoms with Crippen molar-refractivity contribution in [2.24, 2.45) is 23.2 Å². The van der Waals surface area contributed by atoms with Crippen LogP contribution in [0.15, 0.2) is 0 Å². The molecule has 4 aliphatic rings. The van der Waals surface area contributed by atoms with E-state index in [0.29, 0.717) is 6.42 Å². The van der Waals surface area contributed by atoms with Gasteiger partial charge in [-0.05, 0) is 38.0 Å². The maximum atomic E-state index is 13.2. The van der Waals surface area contributed by atoms with Crippen LogP contribution in [0.3, 0.4) is 0 Å². The summed E-state index contributed by atoms with van der Waals surface area (Å²) in [6.07, 6.45) is -21.0. The molecule has 3 saturated heterocycles. The minimum atomic E-state index is -5.81. The van der Waals surface area contributed by atoms with E-state index in [1.807, 2.05) is 27.7 Å². The Balaban J connectivity index is 1.35. The first-order valence-corrected chi connectivity index (χ1v) is 13.5. The zero-order chi connectivity index (χ0) is 30.7. The molecule has 0 bridgehead atoms. The topological polar surface area (TPSA) is 107 Å². The molecule has 6 atom stereocenters. The molecule has 0 aromatic rings. The van der Waals surface area contributed by atoms with E-state index in [1.165, 1.54) is 0 Å². The molecule has 15 heteroatoms. The lowest BCUT2D eigenvalue weighted by molar-refractivity contribution is -0.315. The van der Waals surface area contributed by atoms with Crippen molar-refractivity contribution in [1.82, 2.24) is 0 Å². The van der Waals surface area contributed by atoms with E-state index in [1.54, 1.807) is 6.92 Å². The summed E-state index contributed by atoms with van der Waals surface area (Å²) in [5, 5.41) is 0. The van der Waals surface area contributed by atoms with Crippen LogP contribution in [0.1, 0.15) is 66.7 Å². The lowest BCUT2D eigenvalue weighted by atomic mass is 9.73. The van der Waals surface area contributed by atoms with Gasteiger partial charge in [-0.25, -0.2) is 4.79 Å². The van der Waals surface area contributed by atoms with Gasteiger partial charge in [-0.1, -0.05) is 27.7 Å².